The molecule has 0 aromatic heterocycles. The van der Waals surface area contributed by atoms with Crippen LogP contribution in [0, 0.1) is 5.82 Å². The molecular weight excluding hydrogens is 375 g/mol. The first-order chi connectivity index (χ1) is 12.0. The summed E-state index contributed by atoms with van der Waals surface area (Å²) in [6.07, 6.45) is 0.531. The zero-order chi connectivity index (χ0) is 18.2. The number of thioether (sulfide) groups is 1. The summed E-state index contributed by atoms with van der Waals surface area (Å²) < 4.78 is 18.1. The highest BCUT2D eigenvalue weighted by Crippen LogP contribution is 2.25. The van der Waals surface area contributed by atoms with Crippen LogP contribution < -0.4 is 10.1 Å². The molecule has 1 N–H and O–H groups in total. The lowest BCUT2D eigenvalue weighted by Crippen LogP contribution is -2.25. The second kappa shape index (κ2) is 11.1. The molecule has 0 radical (unpaired) electrons. The minimum atomic E-state index is -0.395. The number of halogens is 2. The Hall–Kier alpha value is -1.76. The van der Waals surface area contributed by atoms with Gasteiger partial charge in [-0.25, -0.2) is 9.18 Å². The second-order valence-corrected chi connectivity index (χ2v) is 6.93. The van der Waals surface area contributed by atoms with Crippen molar-refractivity contribution in [3.05, 3.63) is 59.9 Å². The molecular formula is C19H24ClFN2O2S. The van der Waals surface area contributed by atoms with E-state index in [-0.39, 0.29) is 24.3 Å². The van der Waals surface area contributed by atoms with E-state index in [1.807, 2.05) is 19.2 Å². The van der Waals surface area contributed by atoms with Gasteiger partial charge in [-0.15, -0.1) is 24.2 Å². The van der Waals surface area contributed by atoms with Gasteiger partial charge in [0.1, 0.15) is 11.6 Å². The van der Waals surface area contributed by atoms with Gasteiger partial charge in [0, 0.05) is 25.0 Å². The van der Waals surface area contributed by atoms with Crippen LogP contribution in [0.15, 0.2) is 53.4 Å². The number of nitrogens with one attached hydrogen (secondary N) is 1. The maximum Gasteiger partial charge on any atom is 0.414 e. The number of carbonyl (C=O) groups is 1. The fourth-order valence-corrected chi connectivity index (χ4v) is 3.18. The van der Waals surface area contributed by atoms with Crippen LogP contribution in [0.5, 0.6) is 5.75 Å². The standard InChI is InChI=1S/C19H23FN2O2S.ClH/c1-21-18(12-13-25-17-10-6-15(20)7-11-17)14-4-8-16(9-5-14)24-19(23)22(2)3;/h4-11,18,21H,12-13H2,1-3H3;1H. The van der Waals surface area contributed by atoms with Crippen molar-refractivity contribution in [2.24, 2.45) is 0 Å². The summed E-state index contributed by atoms with van der Waals surface area (Å²) in [6.45, 7) is 0. The van der Waals surface area contributed by atoms with E-state index in [4.69, 9.17) is 4.74 Å². The molecule has 2 aromatic carbocycles. The molecule has 2 rings (SSSR count). The average Bonchev–Trinajstić information content (AvgIpc) is 2.61. The molecule has 0 fully saturated rings. The van der Waals surface area contributed by atoms with Crippen molar-refractivity contribution in [2.45, 2.75) is 17.4 Å². The Balaban J connectivity index is 0.00000338. The van der Waals surface area contributed by atoms with Crippen molar-refractivity contribution < 1.29 is 13.9 Å². The molecule has 1 atom stereocenters. The third-order valence-corrected chi connectivity index (χ3v) is 4.74. The lowest BCUT2D eigenvalue weighted by Gasteiger charge is -2.17. The molecule has 0 aliphatic heterocycles. The van der Waals surface area contributed by atoms with Gasteiger partial charge in [-0.2, -0.15) is 0 Å². The molecule has 0 aliphatic carbocycles. The molecule has 4 nitrogen and oxygen atoms in total. The van der Waals surface area contributed by atoms with Crippen LogP contribution in [0.4, 0.5) is 9.18 Å². The van der Waals surface area contributed by atoms with Gasteiger partial charge in [-0.05, 0) is 61.2 Å². The highest BCUT2D eigenvalue weighted by atomic mass is 35.5. The van der Waals surface area contributed by atoms with Gasteiger partial charge in [0.05, 0.1) is 0 Å². The number of carbonyl (C=O) groups excluding carboxylic acids is 1. The normalized spacial score (nSPS) is 11.4. The van der Waals surface area contributed by atoms with Crippen molar-refractivity contribution >= 4 is 30.3 Å². The molecule has 142 valence electrons. The summed E-state index contributed by atoms with van der Waals surface area (Å²) in [6, 6.07) is 14.3. The zero-order valence-electron chi connectivity index (χ0n) is 15.1. The first-order valence-electron chi connectivity index (χ1n) is 8.04. The van der Waals surface area contributed by atoms with Gasteiger partial charge in [0.2, 0.25) is 0 Å². The van der Waals surface area contributed by atoms with Crippen LogP contribution in [0.3, 0.4) is 0 Å². The number of benzene rings is 2. The quantitative estimate of drug-likeness (QED) is 0.683. The smallest absolute Gasteiger partial charge is 0.410 e. The summed E-state index contributed by atoms with van der Waals surface area (Å²) >= 11 is 1.70. The van der Waals surface area contributed by atoms with E-state index in [1.165, 1.54) is 17.0 Å². The Kier molecular flexibility index (Phi) is 9.48. The number of ether oxygens (including phenoxy) is 1. The van der Waals surface area contributed by atoms with Gasteiger partial charge in [0.25, 0.3) is 0 Å². The molecule has 2 aromatic rings. The molecule has 1 unspecified atom stereocenters. The van der Waals surface area contributed by atoms with Crippen LogP contribution in [-0.4, -0.2) is 37.9 Å². The van der Waals surface area contributed by atoms with Crippen molar-refractivity contribution in [1.29, 1.82) is 0 Å². The SMILES string of the molecule is CNC(CCSc1ccc(F)cc1)c1ccc(OC(=O)N(C)C)cc1.Cl. The minimum Gasteiger partial charge on any atom is -0.410 e. The zero-order valence-corrected chi connectivity index (χ0v) is 16.7. The molecule has 26 heavy (non-hydrogen) atoms. The number of amides is 1. The highest BCUT2D eigenvalue weighted by Gasteiger charge is 2.11. The number of hydrogen-bond acceptors (Lipinski definition) is 4. The van der Waals surface area contributed by atoms with Gasteiger partial charge in [-0.1, -0.05) is 12.1 Å². The Bertz CT molecular complexity index is 681. The molecule has 7 heteroatoms. The molecule has 0 heterocycles. The third kappa shape index (κ3) is 6.86. The summed E-state index contributed by atoms with van der Waals surface area (Å²) in [5.41, 5.74) is 1.13. The third-order valence-electron chi connectivity index (χ3n) is 3.69. The summed E-state index contributed by atoms with van der Waals surface area (Å²) in [7, 11) is 5.21. The highest BCUT2D eigenvalue weighted by molar-refractivity contribution is 7.99. The van der Waals surface area contributed by atoms with Gasteiger partial charge >= 0.3 is 6.09 Å². The molecule has 0 aliphatic rings. The fourth-order valence-electron chi connectivity index (χ4n) is 2.26. The molecule has 0 saturated carbocycles. The fraction of sp³-hybridized carbons (Fsp3) is 0.316. The summed E-state index contributed by atoms with van der Waals surface area (Å²) in [5.74, 6) is 1.22. The van der Waals surface area contributed by atoms with E-state index in [0.717, 1.165) is 22.6 Å². The Morgan fingerprint density at radius 1 is 1.15 bits per heavy atom. The predicted octanol–water partition coefficient (Wildman–Crippen LogP) is 4.75. The van der Waals surface area contributed by atoms with E-state index < -0.39 is 6.09 Å². The van der Waals surface area contributed by atoms with Crippen LogP contribution >= 0.6 is 24.2 Å². The predicted molar refractivity (Wildman–Crippen MR) is 107 cm³/mol. The van der Waals surface area contributed by atoms with Crippen LogP contribution in [0.2, 0.25) is 0 Å². The Morgan fingerprint density at radius 3 is 2.31 bits per heavy atom. The maximum absolute atomic E-state index is 12.9. The molecule has 0 spiro atoms. The summed E-state index contributed by atoms with van der Waals surface area (Å²) in [4.78, 5) is 14.0. The topological polar surface area (TPSA) is 41.6 Å². The lowest BCUT2D eigenvalue weighted by atomic mass is 10.0. The lowest BCUT2D eigenvalue weighted by molar-refractivity contribution is 0.172. The second-order valence-electron chi connectivity index (χ2n) is 5.76. The average molecular weight is 399 g/mol. The Morgan fingerprint density at radius 2 is 1.77 bits per heavy atom. The van der Waals surface area contributed by atoms with Gasteiger partial charge in [0.15, 0.2) is 0 Å². The summed E-state index contributed by atoms with van der Waals surface area (Å²) in [5, 5.41) is 3.30. The largest absolute Gasteiger partial charge is 0.414 e. The van der Waals surface area contributed by atoms with E-state index in [9.17, 15) is 9.18 Å². The van der Waals surface area contributed by atoms with Crippen molar-refractivity contribution in [2.75, 3.05) is 26.9 Å². The van der Waals surface area contributed by atoms with Gasteiger partial charge in [-0.3, -0.25) is 0 Å². The van der Waals surface area contributed by atoms with E-state index in [0.29, 0.717) is 5.75 Å². The van der Waals surface area contributed by atoms with Gasteiger partial charge < -0.3 is 15.0 Å². The van der Waals surface area contributed by atoms with Crippen LogP contribution in [-0.2, 0) is 0 Å². The first-order valence-corrected chi connectivity index (χ1v) is 9.03. The molecule has 1 amide bonds. The number of hydrogen-bond donors (Lipinski definition) is 1. The monoisotopic (exact) mass is 398 g/mol. The molecule has 0 bridgehead atoms. The van der Waals surface area contributed by atoms with E-state index in [2.05, 4.69) is 5.32 Å². The van der Waals surface area contributed by atoms with Crippen molar-refractivity contribution in [3.63, 3.8) is 0 Å². The van der Waals surface area contributed by atoms with E-state index in [1.54, 1.807) is 50.1 Å². The first kappa shape index (κ1) is 22.3. The molecule has 0 saturated heterocycles. The minimum absolute atomic E-state index is 0. The van der Waals surface area contributed by atoms with Crippen LogP contribution in [0.1, 0.15) is 18.0 Å². The Labute approximate surface area is 164 Å². The number of nitrogens with zero attached hydrogens (tertiary/aromatic N) is 1. The maximum atomic E-state index is 12.9. The van der Waals surface area contributed by atoms with Crippen LogP contribution in [0.25, 0.3) is 0 Å². The van der Waals surface area contributed by atoms with E-state index >= 15 is 0 Å². The van der Waals surface area contributed by atoms with Crippen molar-refractivity contribution in [3.8, 4) is 5.75 Å². The van der Waals surface area contributed by atoms with Crippen molar-refractivity contribution in [1.82, 2.24) is 10.2 Å². The number of rotatable bonds is 7.